The second-order valence-electron chi connectivity index (χ2n) is 3.63. The fourth-order valence-electron chi connectivity index (χ4n) is 1.36. The van der Waals surface area contributed by atoms with Crippen molar-refractivity contribution in [3.63, 3.8) is 0 Å². The van der Waals surface area contributed by atoms with Crippen molar-refractivity contribution >= 4 is 45.1 Å². The summed E-state index contributed by atoms with van der Waals surface area (Å²) in [6.45, 7) is 1.31. The molecule has 6 nitrogen and oxygen atoms in total. The highest BCUT2D eigenvalue weighted by atomic mass is 79.9. The van der Waals surface area contributed by atoms with Crippen LogP contribution in [0.15, 0.2) is 16.6 Å². The Labute approximate surface area is 129 Å². The first-order chi connectivity index (χ1) is 9.43. The number of carboxylic acids is 1. The van der Waals surface area contributed by atoms with E-state index >= 15 is 0 Å². The zero-order valence-corrected chi connectivity index (χ0v) is 13.0. The van der Waals surface area contributed by atoms with Gasteiger partial charge >= 0.3 is 5.97 Å². The largest absolute Gasteiger partial charge is 0.491 e. The molecule has 0 aliphatic heterocycles. The van der Waals surface area contributed by atoms with Crippen molar-refractivity contribution in [1.82, 2.24) is 0 Å². The Morgan fingerprint density at radius 3 is 2.70 bits per heavy atom. The summed E-state index contributed by atoms with van der Waals surface area (Å²) in [7, 11) is 0. The van der Waals surface area contributed by atoms with Gasteiger partial charge in [-0.2, -0.15) is 0 Å². The van der Waals surface area contributed by atoms with E-state index in [1.54, 1.807) is 6.07 Å². The van der Waals surface area contributed by atoms with Crippen molar-refractivity contribution in [3.05, 3.63) is 21.6 Å². The molecule has 0 radical (unpaired) electrons. The summed E-state index contributed by atoms with van der Waals surface area (Å²) in [5.41, 5.74) is 0.384. The number of carbonyl (C=O) groups is 2. The van der Waals surface area contributed by atoms with E-state index in [2.05, 4.69) is 21.2 Å². The monoisotopic (exact) mass is 365 g/mol. The first-order valence-electron chi connectivity index (χ1n) is 5.65. The summed E-state index contributed by atoms with van der Waals surface area (Å²) in [5, 5.41) is 11.4. The lowest BCUT2D eigenvalue weighted by Crippen LogP contribution is -2.21. The number of hydrogen-bond acceptors (Lipinski definition) is 4. The van der Waals surface area contributed by atoms with Gasteiger partial charge in [0.05, 0.1) is 16.8 Å². The molecule has 1 aromatic rings. The quantitative estimate of drug-likeness (QED) is 0.774. The molecule has 0 fully saturated rings. The minimum atomic E-state index is -1.14. The van der Waals surface area contributed by atoms with E-state index in [-0.39, 0.29) is 6.61 Å². The summed E-state index contributed by atoms with van der Waals surface area (Å²) in [6.07, 6.45) is 0. The number of rotatable bonds is 7. The zero-order chi connectivity index (χ0) is 15.1. The van der Waals surface area contributed by atoms with Gasteiger partial charge < -0.3 is 19.9 Å². The number of anilines is 1. The molecular formula is C12H13BrClNO5. The van der Waals surface area contributed by atoms with Crippen LogP contribution in [0.4, 0.5) is 5.69 Å². The molecule has 0 aliphatic carbocycles. The number of hydrogen-bond donors (Lipinski definition) is 2. The Kier molecular flexibility index (Phi) is 6.77. The van der Waals surface area contributed by atoms with E-state index in [1.807, 2.05) is 6.92 Å². The first-order valence-corrected chi connectivity index (χ1v) is 6.82. The summed E-state index contributed by atoms with van der Waals surface area (Å²) in [6, 6.07) is 3.18. The van der Waals surface area contributed by atoms with Crippen molar-refractivity contribution in [2.45, 2.75) is 6.92 Å². The maximum absolute atomic E-state index is 11.6. The Bertz CT molecular complexity index is 509. The van der Waals surface area contributed by atoms with Crippen LogP contribution in [0, 0.1) is 0 Å². The van der Waals surface area contributed by atoms with Crippen LogP contribution in [0.3, 0.4) is 0 Å². The van der Waals surface area contributed by atoms with Gasteiger partial charge in [0, 0.05) is 5.02 Å². The minimum Gasteiger partial charge on any atom is -0.491 e. The summed E-state index contributed by atoms with van der Waals surface area (Å²) < 4.78 is 10.7. The van der Waals surface area contributed by atoms with Crippen LogP contribution in [-0.4, -0.2) is 36.8 Å². The summed E-state index contributed by atoms with van der Waals surface area (Å²) in [4.78, 5) is 21.9. The predicted molar refractivity (Wildman–Crippen MR) is 77.4 cm³/mol. The van der Waals surface area contributed by atoms with Crippen LogP contribution in [0.2, 0.25) is 5.02 Å². The van der Waals surface area contributed by atoms with Gasteiger partial charge in [0.25, 0.3) is 0 Å². The van der Waals surface area contributed by atoms with Gasteiger partial charge in [-0.1, -0.05) is 11.6 Å². The van der Waals surface area contributed by atoms with E-state index in [1.165, 1.54) is 6.07 Å². The van der Waals surface area contributed by atoms with Crippen molar-refractivity contribution < 1.29 is 24.2 Å². The Balaban J connectivity index is 2.75. The van der Waals surface area contributed by atoms with Crippen molar-refractivity contribution in [1.29, 1.82) is 0 Å². The number of carbonyl (C=O) groups excluding carboxylic acids is 1. The molecule has 0 spiro atoms. The normalized spacial score (nSPS) is 10.2. The van der Waals surface area contributed by atoms with Gasteiger partial charge in [-0.3, -0.25) is 4.79 Å². The predicted octanol–water partition coefficient (Wildman–Crippen LogP) is 2.54. The number of ether oxygens (including phenoxy) is 2. The molecule has 0 unspecified atom stereocenters. The second kappa shape index (κ2) is 8.08. The lowest BCUT2D eigenvalue weighted by atomic mass is 10.3. The Hall–Kier alpha value is -1.31. The lowest BCUT2D eigenvalue weighted by molar-refractivity contribution is -0.143. The summed E-state index contributed by atoms with van der Waals surface area (Å²) >= 11 is 9.20. The number of amides is 1. The number of carboxylic acid groups (broad SMARTS) is 1. The van der Waals surface area contributed by atoms with Crippen LogP contribution in [0.1, 0.15) is 6.92 Å². The highest BCUT2D eigenvalue weighted by Crippen LogP contribution is 2.36. The van der Waals surface area contributed by atoms with Gasteiger partial charge in [-0.15, -0.1) is 0 Å². The first kappa shape index (κ1) is 16.7. The van der Waals surface area contributed by atoms with Crippen molar-refractivity contribution in [3.8, 4) is 5.75 Å². The van der Waals surface area contributed by atoms with E-state index in [4.69, 9.17) is 26.2 Å². The lowest BCUT2D eigenvalue weighted by Gasteiger charge is -2.13. The van der Waals surface area contributed by atoms with Crippen LogP contribution < -0.4 is 10.1 Å². The third kappa shape index (κ3) is 5.36. The van der Waals surface area contributed by atoms with Crippen LogP contribution in [0.5, 0.6) is 5.75 Å². The molecule has 0 saturated carbocycles. The molecule has 1 rings (SSSR count). The van der Waals surface area contributed by atoms with Gasteiger partial charge in [-0.25, -0.2) is 4.79 Å². The molecule has 8 heteroatoms. The van der Waals surface area contributed by atoms with Crippen molar-refractivity contribution in [2.24, 2.45) is 0 Å². The SMILES string of the molecule is CCOc1c(Br)cc(Cl)cc1NC(=O)COCC(=O)O. The molecule has 0 saturated heterocycles. The van der Waals surface area contributed by atoms with Crippen molar-refractivity contribution in [2.75, 3.05) is 25.1 Å². The van der Waals surface area contributed by atoms with E-state index in [0.29, 0.717) is 27.5 Å². The van der Waals surface area contributed by atoms with Crippen LogP contribution in [-0.2, 0) is 14.3 Å². The van der Waals surface area contributed by atoms with Crippen LogP contribution in [0.25, 0.3) is 0 Å². The molecule has 0 aromatic heterocycles. The van der Waals surface area contributed by atoms with Gasteiger partial charge in [0.2, 0.25) is 5.91 Å². The Morgan fingerprint density at radius 1 is 1.40 bits per heavy atom. The molecule has 110 valence electrons. The zero-order valence-electron chi connectivity index (χ0n) is 10.6. The average Bonchev–Trinajstić information content (AvgIpc) is 2.33. The van der Waals surface area contributed by atoms with Gasteiger partial charge in [-0.05, 0) is 35.0 Å². The summed E-state index contributed by atoms with van der Waals surface area (Å²) in [5.74, 6) is -1.19. The maximum Gasteiger partial charge on any atom is 0.329 e. The molecule has 0 atom stereocenters. The molecule has 1 amide bonds. The maximum atomic E-state index is 11.6. The number of aliphatic carboxylic acids is 1. The minimum absolute atomic E-state index is 0.373. The highest BCUT2D eigenvalue weighted by molar-refractivity contribution is 9.10. The molecule has 0 aliphatic rings. The van der Waals surface area contributed by atoms with E-state index in [0.717, 1.165) is 0 Å². The molecule has 2 N–H and O–H groups in total. The molecule has 1 aromatic carbocycles. The standard InChI is InChI=1S/C12H13BrClNO5/c1-2-20-12-8(13)3-7(14)4-9(12)15-10(16)5-19-6-11(17)18/h3-4H,2,5-6H2,1H3,(H,15,16)(H,17,18). The smallest absolute Gasteiger partial charge is 0.329 e. The third-order valence-electron chi connectivity index (χ3n) is 2.03. The molecule has 20 heavy (non-hydrogen) atoms. The fraction of sp³-hybridized carbons (Fsp3) is 0.333. The van der Waals surface area contributed by atoms with Crippen LogP contribution >= 0.6 is 27.5 Å². The second-order valence-corrected chi connectivity index (χ2v) is 4.92. The number of nitrogens with one attached hydrogen (secondary N) is 1. The number of benzene rings is 1. The van der Waals surface area contributed by atoms with Gasteiger partial charge in [0.15, 0.2) is 5.75 Å². The fourth-order valence-corrected chi connectivity index (χ4v) is 2.29. The number of halogens is 2. The topological polar surface area (TPSA) is 84.9 Å². The average molecular weight is 367 g/mol. The molecule has 0 bridgehead atoms. The van der Waals surface area contributed by atoms with E-state index in [9.17, 15) is 9.59 Å². The molecular weight excluding hydrogens is 353 g/mol. The van der Waals surface area contributed by atoms with E-state index < -0.39 is 18.5 Å². The third-order valence-corrected chi connectivity index (χ3v) is 2.84. The Morgan fingerprint density at radius 2 is 2.10 bits per heavy atom. The highest BCUT2D eigenvalue weighted by Gasteiger charge is 2.13. The van der Waals surface area contributed by atoms with Gasteiger partial charge in [0.1, 0.15) is 13.2 Å². The molecule has 0 heterocycles.